The Bertz CT molecular complexity index is 172. The highest BCUT2D eigenvalue weighted by Crippen LogP contribution is 2.09. The molecule has 0 saturated carbocycles. The van der Waals surface area contributed by atoms with Gasteiger partial charge in [0.15, 0.2) is 0 Å². The van der Waals surface area contributed by atoms with E-state index in [0.717, 1.165) is 38.4 Å². The van der Waals surface area contributed by atoms with E-state index in [1.807, 2.05) is 0 Å². The molecule has 0 radical (unpaired) electrons. The van der Waals surface area contributed by atoms with E-state index >= 15 is 0 Å². The fourth-order valence-electron chi connectivity index (χ4n) is 1.54. The summed E-state index contributed by atoms with van der Waals surface area (Å²) in [5.74, 6) is 0.786. The highest BCUT2D eigenvalue weighted by atomic mass is 32.1. The third-order valence-corrected chi connectivity index (χ3v) is 2.80. The van der Waals surface area contributed by atoms with Crippen LogP contribution in [0.15, 0.2) is 12.2 Å². The lowest BCUT2D eigenvalue weighted by Crippen LogP contribution is -2.42. The van der Waals surface area contributed by atoms with Crippen LogP contribution in [-0.4, -0.2) is 43.0 Å². The standard InChI is InChI=1S/C10H19NOS/c1-3-10-7-11(4-5-12-10)6-9(2)8-13/h10,13H,2-8H2,1H3. The molecule has 1 saturated heterocycles. The fourth-order valence-corrected chi connectivity index (χ4v) is 1.64. The third-order valence-electron chi connectivity index (χ3n) is 2.35. The van der Waals surface area contributed by atoms with Gasteiger partial charge in [-0.25, -0.2) is 0 Å². The summed E-state index contributed by atoms with van der Waals surface area (Å²) in [7, 11) is 0. The highest BCUT2D eigenvalue weighted by molar-refractivity contribution is 7.80. The molecule has 0 aliphatic carbocycles. The van der Waals surface area contributed by atoms with Crippen molar-refractivity contribution < 1.29 is 4.74 Å². The maximum atomic E-state index is 5.58. The van der Waals surface area contributed by atoms with Gasteiger partial charge in [0.1, 0.15) is 0 Å². The van der Waals surface area contributed by atoms with E-state index in [1.54, 1.807) is 0 Å². The molecular weight excluding hydrogens is 182 g/mol. The van der Waals surface area contributed by atoms with Crippen LogP contribution in [0, 0.1) is 0 Å². The zero-order valence-corrected chi connectivity index (χ0v) is 9.22. The number of nitrogens with zero attached hydrogens (tertiary/aromatic N) is 1. The van der Waals surface area contributed by atoms with Gasteiger partial charge in [0.25, 0.3) is 0 Å². The van der Waals surface area contributed by atoms with Crippen LogP contribution < -0.4 is 0 Å². The van der Waals surface area contributed by atoms with E-state index in [-0.39, 0.29) is 0 Å². The molecule has 0 amide bonds. The predicted molar refractivity (Wildman–Crippen MR) is 59.5 cm³/mol. The van der Waals surface area contributed by atoms with Crippen molar-refractivity contribution in [3.8, 4) is 0 Å². The summed E-state index contributed by atoms with van der Waals surface area (Å²) in [5.41, 5.74) is 1.19. The summed E-state index contributed by atoms with van der Waals surface area (Å²) in [4.78, 5) is 2.40. The van der Waals surface area contributed by atoms with Gasteiger partial charge in [-0.15, -0.1) is 0 Å². The summed E-state index contributed by atoms with van der Waals surface area (Å²) in [6.07, 6.45) is 1.52. The van der Waals surface area contributed by atoms with Crippen LogP contribution in [0.5, 0.6) is 0 Å². The molecule has 1 heterocycles. The van der Waals surface area contributed by atoms with Crippen molar-refractivity contribution in [2.45, 2.75) is 19.4 Å². The number of morpholine rings is 1. The Labute approximate surface area is 86.4 Å². The van der Waals surface area contributed by atoms with Crippen molar-refractivity contribution in [2.24, 2.45) is 0 Å². The second-order valence-corrected chi connectivity index (χ2v) is 3.86. The predicted octanol–water partition coefficient (Wildman–Crippen LogP) is 1.58. The molecule has 1 aliphatic rings. The lowest BCUT2D eigenvalue weighted by Gasteiger charge is -2.32. The minimum atomic E-state index is 0.418. The summed E-state index contributed by atoms with van der Waals surface area (Å²) < 4.78 is 5.58. The summed E-state index contributed by atoms with van der Waals surface area (Å²) >= 11 is 4.20. The molecule has 0 aromatic rings. The van der Waals surface area contributed by atoms with Gasteiger partial charge in [-0.1, -0.05) is 19.1 Å². The Balaban J connectivity index is 2.29. The minimum absolute atomic E-state index is 0.418. The number of hydrogen-bond acceptors (Lipinski definition) is 3. The summed E-state index contributed by atoms with van der Waals surface area (Å²) in [5, 5.41) is 0. The quantitative estimate of drug-likeness (QED) is 0.548. The van der Waals surface area contributed by atoms with Crippen LogP contribution in [0.1, 0.15) is 13.3 Å². The molecule has 0 spiro atoms. The average Bonchev–Trinajstić information content (AvgIpc) is 2.18. The third kappa shape index (κ3) is 3.71. The number of thiol groups is 1. The average molecular weight is 201 g/mol. The zero-order valence-electron chi connectivity index (χ0n) is 8.33. The molecule has 1 atom stereocenters. The molecule has 0 aromatic heterocycles. The molecule has 76 valence electrons. The molecule has 1 aliphatic heterocycles. The van der Waals surface area contributed by atoms with E-state index in [0.29, 0.717) is 6.10 Å². The molecular formula is C10H19NOS. The lowest BCUT2D eigenvalue weighted by molar-refractivity contribution is -0.0264. The van der Waals surface area contributed by atoms with Crippen LogP contribution in [-0.2, 0) is 4.74 Å². The molecule has 0 bridgehead atoms. The SMILES string of the molecule is C=C(CS)CN1CCOC(CC)C1. The van der Waals surface area contributed by atoms with Gasteiger partial charge in [0, 0.05) is 25.4 Å². The van der Waals surface area contributed by atoms with E-state index in [1.165, 1.54) is 5.57 Å². The Morgan fingerprint density at radius 1 is 1.69 bits per heavy atom. The van der Waals surface area contributed by atoms with Gasteiger partial charge in [-0.05, 0) is 6.42 Å². The normalized spacial score (nSPS) is 24.6. The maximum Gasteiger partial charge on any atom is 0.0700 e. The maximum absolute atomic E-state index is 5.58. The van der Waals surface area contributed by atoms with Gasteiger partial charge < -0.3 is 4.74 Å². The first-order valence-electron chi connectivity index (χ1n) is 4.87. The van der Waals surface area contributed by atoms with E-state index in [9.17, 15) is 0 Å². The van der Waals surface area contributed by atoms with Gasteiger partial charge >= 0.3 is 0 Å². The molecule has 13 heavy (non-hydrogen) atoms. The minimum Gasteiger partial charge on any atom is -0.376 e. The second kappa shape index (κ2) is 5.68. The van der Waals surface area contributed by atoms with E-state index in [2.05, 4.69) is 31.0 Å². The van der Waals surface area contributed by atoms with Crippen LogP contribution in [0.25, 0.3) is 0 Å². The van der Waals surface area contributed by atoms with Crippen molar-refractivity contribution >= 4 is 12.6 Å². The number of hydrogen-bond donors (Lipinski definition) is 1. The Kier molecular flexibility index (Phi) is 4.84. The largest absolute Gasteiger partial charge is 0.376 e. The Morgan fingerprint density at radius 2 is 2.46 bits per heavy atom. The van der Waals surface area contributed by atoms with Gasteiger partial charge in [0.05, 0.1) is 12.7 Å². The lowest BCUT2D eigenvalue weighted by atomic mass is 10.2. The van der Waals surface area contributed by atoms with Crippen LogP contribution >= 0.6 is 12.6 Å². The molecule has 3 heteroatoms. The molecule has 1 unspecified atom stereocenters. The summed E-state index contributed by atoms with van der Waals surface area (Å²) in [6.45, 7) is 10.0. The number of rotatable bonds is 4. The van der Waals surface area contributed by atoms with Gasteiger partial charge in [-0.3, -0.25) is 4.90 Å². The van der Waals surface area contributed by atoms with Gasteiger partial charge in [-0.2, -0.15) is 12.6 Å². The van der Waals surface area contributed by atoms with Crippen molar-refractivity contribution in [2.75, 3.05) is 32.0 Å². The van der Waals surface area contributed by atoms with Crippen LogP contribution in [0.4, 0.5) is 0 Å². The topological polar surface area (TPSA) is 12.5 Å². The Morgan fingerprint density at radius 3 is 3.08 bits per heavy atom. The van der Waals surface area contributed by atoms with E-state index < -0.39 is 0 Å². The van der Waals surface area contributed by atoms with Crippen LogP contribution in [0.2, 0.25) is 0 Å². The smallest absolute Gasteiger partial charge is 0.0700 e. The molecule has 1 fully saturated rings. The van der Waals surface area contributed by atoms with Crippen LogP contribution in [0.3, 0.4) is 0 Å². The first-order valence-corrected chi connectivity index (χ1v) is 5.51. The van der Waals surface area contributed by atoms with Crippen molar-refractivity contribution in [3.63, 3.8) is 0 Å². The highest BCUT2D eigenvalue weighted by Gasteiger charge is 2.18. The van der Waals surface area contributed by atoms with Gasteiger partial charge in [0.2, 0.25) is 0 Å². The second-order valence-electron chi connectivity index (χ2n) is 3.54. The molecule has 0 aromatic carbocycles. The fraction of sp³-hybridized carbons (Fsp3) is 0.800. The number of ether oxygens (including phenoxy) is 1. The Hall–Kier alpha value is 0.01000. The van der Waals surface area contributed by atoms with Crippen molar-refractivity contribution in [1.29, 1.82) is 0 Å². The molecule has 1 rings (SSSR count). The van der Waals surface area contributed by atoms with E-state index in [4.69, 9.17) is 4.74 Å². The molecule has 2 nitrogen and oxygen atoms in total. The first-order chi connectivity index (χ1) is 6.26. The summed E-state index contributed by atoms with van der Waals surface area (Å²) in [6, 6.07) is 0. The van der Waals surface area contributed by atoms with Crippen molar-refractivity contribution in [3.05, 3.63) is 12.2 Å². The monoisotopic (exact) mass is 201 g/mol. The molecule has 0 N–H and O–H groups in total. The zero-order chi connectivity index (χ0) is 9.68. The first kappa shape index (κ1) is 11.1. The van der Waals surface area contributed by atoms with Crippen molar-refractivity contribution in [1.82, 2.24) is 4.90 Å².